The molecule has 0 atom stereocenters. The molecule has 0 aliphatic carbocycles. The first-order valence-electron chi connectivity index (χ1n) is 8.53. The van der Waals surface area contributed by atoms with Crippen molar-refractivity contribution >= 4 is 32.9 Å². The van der Waals surface area contributed by atoms with Gasteiger partial charge in [0.25, 0.3) is 5.22 Å². The van der Waals surface area contributed by atoms with Gasteiger partial charge in [-0.05, 0) is 30.7 Å². The van der Waals surface area contributed by atoms with Crippen molar-refractivity contribution in [2.75, 3.05) is 13.1 Å². The molecular formula is C19H22N2O3S2. The highest BCUT2D eigenvalue weighted by atomic mass is 32.2. The standard InChI is InChI=1S/C19H22N2O3S2/c1-4-21(5-2)26(22,23)16-9-10-18-17(12-16)20-19(24-18)25-13-15-8-6-7-14(3)11-15/h6-12H,4-5,13H2,1-3H3. The lowest BCUT2D eigenvalue weighted by molar-refractivity contribution is 0.445. The highest BCUT2D eigenvalue weighted by molar-refractivity contribution is 7.98. The summed E-state index contributed by atoms with van der Waals surface area (Å²) in [6.45, 7) is 6.59. The second kappa shape index (κ2) is 7.82. The van der Waals surface area contributed by atoms with E-state index in [2.05, 4.69) is 30.1 Å². The van der Waals surface area contributed by atoms with Crippen LogP contribution in [-0.2, 0) is 15.8 Å². The van der Waals surface area contributed by atoms with Crippen molar-refractivity contribution < 1.29 is 12.8 Å². The summed E-state index contributed by atoms with van der Waals surface area (Å²) >= 11 is 1.50. The van der Waals surface area contributed by atoms with E-state index in [-0.39, 0.29) is 4.90 Å². The molecule has 3 aromatic rings. The van der Waals surface area contributed by atoms with E-state index in [1.807, 2.05) is 19.9 Å². The van der Waals surface area contributed by atoms with Crippen LogP contribution in [0.5, 0.6) is 0 Å². The van der Waals surface area contributed by atoms with Crippen LogP contribution >= 0.6 is 11.8 Å². The summed E-state index contributed by atoms with van der Waals surface area (Å²) in [6, 6.07) is 13.1. The minimum absolute atomic E-state index is 0.247. The van der Waals surface area contributed by atoms with Crippen LogP contribution in [0.1, 0.15) is 25.0 Å². The molecule has 7 heteroatoms. The summed E-state index contributed by atoms with van der Waals surface area (Å²) in [6.07, 6.45) is 0. The van der Waals surface area contributed by atoms with E-state index < -0.39 is 10.0 Å². The van der Waals surface area contributed by atoms with Crippen LogP contribution in [0.3, 0.4) is 0 Å². The molecule has 2 aromatic carbocycles. The molecule has 0 N–H and O–H groups in total. The van der Waals surface area contributed by atoms with Crippen molar-refractivity contribution in [3.8, 4) is 0 Å². The van der Waals surface area contributed by atoms with Crippen LogP contribution in [0.25, 0.3) is 11.1 Å². The third-order valence-electron chi connectivity index (χ3n) is 4.13. The number of nitrogens with zero attached hydrogens (tertiary/aromatic N) is 2. The van der Waals surface area contributed by atoms with Gasteiger partial charge in [-0.1, -0.05) is 55.4 Å². The normalized spacial score (nSPS) is 12.2. The van der Waals surface area contributed by atoms with Gasteiger partial charge in [0.1, 0.15) is 5.52 Å². The number of oxazole rings is 1. The second-order valence-corrected chi connectivity index (χ2v) is 8.84. The first kappa shape index (κ1) is 18.9. The first-order chi connectivity index (χ1) is 12.4. The number of aromatic nitrogens is 1. The minimum Gasteiger partial charge on any atom is -0.431 e. The molecule has 0 spiro atoms. The summed E-state index contributed by atoms with van der Waals surface area (Å²) in [5.74, 6) is 0.749. The number of hydrogen-bond donors (Lipinski definition) is 0. The van der Waals surface area contributed by atoms with E-state index in [9.17, 15) is 8.42 Å². The molecule has 0 saturated heterocycles. The Kier molecular flexibility index (Phi) is 5.70. The van der Waals surface area contributed by atoms with Crippen molar-refractivity contribution in [3.63, 3.8) is 0 Å². The smallest absolute Gasteiger partial charge is 0.257 e. The Bertz CT molecular complexity index is 1010. The Morgan fingerprint density at radius 1 is 1.12 bits per heavy atom. The number of thioether (sulfide) groups is 1. The zero-order valence-electron chi connectivity index (χ0n) is 15.1. The molecule has 0 bridgehead atoms. The molecule has 0 radical (unpaired) electrons. The van der Waals surface area contributed by atoms with Crippen LogP contribution in [0.2, 0.25) is 0 Å². The summed E-state index contributed by atoms with van der Waals surface area (Å²) in [4.78, 5) is 4.70. The van der Waals surface area contributed by atoms with Gasteiger partial charge in [-0.15, -0.1) is 0 Å². The van der Waals surface area contributed by atoms with Gasteiger partial charge in [0.05, 0.1) is 4.90 Å². The van der Waals surface area contributed by atoms with Crippen LogP contribution in [-0.4, -0.2) is 30.8 Å². The van der Waals surface area contributed by atoms with Crippen LogP contribution < -0.4 is 0 Å². The zero-order chi connectivity index (χ0) is 18.7. The van der Waals surface area contributed by atoms with Gasteiger partial charge in [0.2, 0.25) is 10.0 Å². The predicted octanol–water partition coefficient (Wildman–Crippen LogP) is 4.46. The van der Waals surface area contributed by atoms with Crippen molar-refractivity contribution in [1.29, 1.82) is 0 Å². The molecule has 0 aliphatic heterocycles. The van der Waals surface area contributed by atoms with E-state index in [0.717, 1.165) is 5.75 Å². The Morgan fingerprint density at radius 2 is 1.88 bits per heavy atom. The number of rotatable bonds is 7. The average Bonchev–Trinajstić information content (AvgIpc) is 3.03. The lowest BCUT2D eigenvalue weighted by atomic mass is 10.2. The molecule has 0 aliphatic rings. The van der Waals surface area contributed by atoms with Gasteiger partial charge in [0.15, 0.2) is 5.58 Å². The number of fused-ring (bicyclic) bond motifs is 1. The molecule has 0 fully saturated rings. The molecule has 1 heterocycles. The SMILES string of the molecule is CCN(CC)S(=O)(=O)c1ccc2oc(SCc3cccc(C)c3)nc2c1. The minimum atomic E-state index is -3.50. The molecule has 0 saturated carbocycles. The fourth-order valence-corrected chi connectivity index (χ4v) is 5.03. The van der Waals surface area contributed by atoms with Crippen LogP contribution in [0, 0.1) is 6.92 Å². The highest BCUT2D eigenvalue weighted by Crippen LogP contribution is 2.28. The van der Waals surface area contributed by atoms with Crippen molar-refractivity contribution in [2.45, 2.75) is 36.6 Å². The van der Waals surface area contributed by atoms with Crippen molar-refractivity contribution in [1.82, 2.24) is 9.29 Å². The molecule has 0 amide bonds. The van der Waals surface area contributed by atoms with E-state index in [0.29, 0.717) is 29.4 Å². The molecule has 5 nitrogen and oxygen atoms in total. The molecule has 1 aromatic heterocycles. The largest absolute Gasteiger partial charge is 0.431 e. The van der Waals surface area contributed by atoms with Crippen molar-refractivity contribution in [3.05, 3.63) is 53.6 Å². The van der Waals surface area contributed by atoms with Gasteiger partial charge < -0.3 is 4.42 Å². The molecule has 138 valence electrons. The maximum Gasteiger partial charge on any atom is 0.257 e. The lowest BCUT2D eigenvalue weighted by Gasteiger charge is -2.18. The van der Waals surface area contributed by atoms with Gasteiger partial charge in [0, 0.05) is 18.8 Å². The molecule has 0 unspecified atom stereocenters. The monoisotopic (exact) mass is 390 g/mol. The van der Waals surface area contributed by atoms with E-state index in [1.54, 1.807) is 18.2 Å². The fraction of sp³-hybridized carbons (Fsp3) is 0.316. The maximum absolute atomic E-state index is 12.6. The van der Waals surface area contributed by atoms with Gasteiger partial charge in [-0.2, -0.15) is 4.31 Å². The number of sulfonamides is 1. The Morgan fingerprint density at radius 3 is 2.58 bits per heavy atom. The Balaban J connectivity index is 1.83. The van der Waals surface area contributed by atoms with Gasteiger partial charge in [-0.3, -0.25) is 0 Å². The van der Waals surface area contributed by atoms with Crippen LogP contribution in [0.4, 0.5) is 0 Å². The Labute approximate surface area is 158 Å². The fourth-order valence-electron chi connectivity index (χ4n) is 2.77. The molecule has 3 rings (SSSR count). The third-order valence-corrected chi connectivity index (χ3v) is 7.07. The summed E-state index contributed by atoms with van der Waals surface area (Å²) in [7, 11) is -3.50. The highest BCUT2D eigenvalue weighted by Gasteiger charge is 2.22. The predicted molar refractivity (Wildman–Crippen MR) is 105 cm³/mol. The van der Waals surface area contributed by atoms with E-state index >= 15 is 0 Å². The first-order valence-corrected chi connectivity index (χ1v) is 11.0. The summed E-state index contributed by atoms with van der Waals surface area (Å²) in [5, 5.41) is 0.541. The Hall–Kier alpha value is -1.83. The van der Waals surface area contributed by atoms with E-state index in [1.165, 1.54) is 27.2 Å². The second-order valence-electron chi connectivity index (χ2n) is 5.98. The lowest BCUT2D eigenvalue weighted by Crippen LogP contribution is -2.30. The van der Waals surface area contributed by atoms with Gasteiger partial charge in [-0.25, -0.2) is 13.4 Å². The number of benzene rings is 2. The van der Waals surface area contributed by atoms with Gasteiger partial charge >= 0.3 is 0 Å². The average molecular weight is 391 g/mol. The summed E-state index contributed by atoms with van der Waals surface area (Å²) in [5.41, 5.74) is 3.56. The van der Waals surface area contributed by atoms with Crippen LogP contribution in [0.15, 0.2) is 57.0 Å². The van der Waals surface area contributed by atoms with E-state index in [4.69, 9.17) is 4.42 Å². The zero-order valence-corrected chi connectivity index (χ0v) is 16.7. The number of hydrogen-bond acceptors (Lipinski definition) is 5. The topological polar surface area (TPSA) is 63.4 Å². The summed E-state index contributed by atoms with van der Waals surface area (Å²) < 4.78 is 32.5. The maximum atomic E-state index is 12.6. The molecular weight excluding hydrogens is 368 g/mol. The van der Waals surface area contributed by atoms with Crippen molar-refractivity contribution in [2.24, 2.45) is 0 Å². The number of aryl methyl sites for hydroxylation is 1. The third kappa shape index (κ3) is 3.95. The quantitative estimate of drug-likeness (QED) is 0.557. The molecule has 26 heavy (non-hydrogen) atoms.